The SMILES string of the molecule is CCC(C)CCCCCCCCCCCCCCCCCCCCC(=O)O[C@H](COC(=O)CCCCCCCCCCCCC(C)C)COP(=O)(O)OC[C@@H](O)COP(=O)(O)OC[C@@H](COC(=O)CCCCCCCCC(C)CC)OC(=O)CCCCCCCCCC(C)C. The summed E-state index contributed by atoms with van der Waals surface area (Å²) in [5, 5.41) is 10.6. The number of hydrogen-bond donors (Lipinski definition) is 3. The molecule has 564 valence electrons. The molecule has 0 amide bonds. The Morgan fingerprint density at radius 1 is 0.295 bits per heavy atom. The van der Waals surface area contributed by atoms with E-state index in [1.807, 2.05) is 0 Å². The Bertz CT molecular complexity index is 1870. The molecule has 0 aromatic rings. The van der Waals surface area contributed by atoms with Gasteiger partial charge < -0.3 is 33.8 Å². The number of esters is 4. The highest BCUT2D eigenvalue weighted by Gasteiger charge is 2.30. The molecule has 3 N–H and O–H groups in total. The van der Waals surface area contributed by atoms with Gasteiger partial charge >= 0.3 is 39.5 Å². The Kier molecular flexibility index (Phi) is 64.0. The van der Waals surface area contributed by atoms with Crippen molar-refractivity contribution in [1.82, 2.24) is 0 Å². The highest BCUT2D eigenvalue weighted by atomic mass is 31.2. The van der Waals surface area contributed by atoms with E-state index in [0.717, 1.165) is 114 Å². The van der Waals surface area contributed by atoms with Crippen LogP contribution in [0.5, 0.6) is 0 Å². The summed E-state index contributed by atoms with van der Waals surface area (Å²) in [7, 11) is -9.91. The number of ether oxygens (including phenoxy) is 4. The second kappa shape index (κ2) is 65.4. The molecule has 7 atom stereocenters. The minimum absolute atomic E-state index is 0.102. The molecule has 95 heavy (non-hydrogen) atoms. The summed E-state index contributed by atoms with van der Waals surface area (Å²) in [4.78, 5) is 72.7. The van der Waals surface area contributed by atoms with Crippen LogP contribution in [0.4, 0.5) is 0 Å². The monoisotopic (exact) mass is 1400 g/mol. The zero-order chi connectivity index (χ0) is 70.3. The maximum absolute atomic E-state index is 13.1. The number of hydrogen-bond acceptors (Lipinski definition) is 15. The van der Waals surface area contributed by atoms with Gasteiger partial charge in [-0.05, 0) is 49.4 Å². The fourth-order valence-corrected chi connectivity index (χ4v) is 13.1. The topological polar surface area (TPSA) is 237 Å². The first-order chi connectivity index (χ1) is 45.7. The molecule has 0 aliphatic carbocycles. The largest absolute Gasteiger partial charge is 0.472 e. The summed E-state index contributed by atoms with van der Waals surface area (Å²) < 4.78 is 68.4. The molecule has 0 aliphatic heterocycles. The Morgan fingerprint density at radius 2 is 0.505 bits per heavy atom. The molecule has 0 aromatic heterocycles. The number of carbonyl (C=O) groups is 4. The van der Waals surface area contributed by atoms with Gasteiger partial charge in [-0.3, -0.25) is 37.3 Å². The third kappa shape index (κ3) is 67.6. The molecule has 0 aromatic carbocycles. The maximum atomic E-state index is 13.1. The molecular weight excluding hydrogens is 1250 g/mol. The van der Waals surface area contributed by atoms with Crippen LogP contribution in [0.15, 0.2) is 0 Å². The average Bonchev–Trinajstić information content (AvgIpc) is 2.18. The lowest BCUT2D eigenvalue weighted by atomic mass is 9.99. The summed E-state index contributed by atoms with van der Waals surface area (Å²) in [6.45, 7) is 14.1. The second-order valence-electron chi connectivity index (χ2n) is 28.8. The van der Waals surface area contributed by atoms with Crippen LogP contribution in [0.2, 0.25) is 0 Å². The maximum Gasteiger partial charge on any atom is 0.472 e. The van der Waals surface area contributed by atoms with E-state index in [-0.39, 0.29) is 25.7 Å². The molecule has 0 spiro atoms. The van der Waals surface area contributed by atoms with E-state index in [0.29, 0.717) is 31.6 Å². The first-order valence-corrected chi connectivity index (χ1v) is 42.3. The second-order valence-corrected chi connectivity index (χ2v) is 31.7. The van der Waals surface area contributed by atoms with Gasteiger partial charge in [-0.15, -0.1) is 0 Å². The molecule has 0 rings (SSSR count). The van der Waals surface area contributed by atoms with Gasteiger partial charge in [0.05, 0.1) is 26.4 Å². The first-order valence-electron chi connectivity index (χ1n) is 39.3. The van der Waals surface area contributed by atoms with Gasteiger partial charge in [-0.1, -0.05) is 331 Å². The Labute approximate surface area is 581 Å². The average molecular weight is 1400 g/mol. The summed E-state index contributed by atoms with van der Waals surface area (Å²) in [5.41, 5.74) is 0. The van der Waals surface area contributed by atoms with Crippen molar-refractivity contribution >= 4 is 39.5 Å². The van der Waals surface area contributed by atoms with Crippen LogP contribution < -0.4 is 0 Å². The van der Waals surface area contributed by atoms with Gasteiger partial charge in [0.15, 0.2) is 12.2 Å². The number of aliphatic hydroxyl groups is 1. The van der Waals surface area contributed by atoms with Crippen LogP contribution in [0.1, 0.15) is 383 Å². The number of unbranched alkanes of at least 4 members (excludes halogenated alkanes) is 37. The van der Waals surface area contributed by atoms with Gasteiger partial charge in [0.1, 0.15) is 19.3 Å². The normalized spacial score (nSPS) is 14.7. The van der Waals surface area contributed by atoms with Gasteiger partial charge in [-0.25, -0.2) is 9.13 Å². The minimum atomic E-state index is -4.96. The fraction of sp³-hybridized carbons (Fsp3) is 0.947. The third-order valence-electron chi connectivity index (χ3n) is 18.3. The van der Waals surface area contributed by atoms with Crippen LogP contribution in [-0.4, -0.2) is 96.7 Å². The standard InChI is InChI=1S/C76H148O17P2/c1-9-68(7)54-46-38-30-24-19-17-15-13-11-12-14-16-18-20-26-32-42-50-58-75(80)92-71(62-86-73(78)56-48-40-31-25-22-21-23-28-36-44-52-66(3)4)64-90-94(82,83)88-60-70(77)61-89-95(84,85)91-65-72(93-76(81)59-51-43-33-27-29-37-45-53-67(5)6)63-87-74(79)57-49-41-35-34-39-47-55-69(8)10-2/h66-72,77H,9-65H2,1-8H3,(H,82,83)(H,84,85)/t68?,69?,70-,71-,72-/m1/s1. The number of phosphoric acid groups is 2. The van der Waals surface area contributed by atoms with Crippen molar-refractivity contribution in [2.45, 2.75) is 401 Å². The molecule has 0 aliphatic rings. The van der Waals surface area contributed by atoms with E-state index in [2.05, 4.69) is 55.4 Å². The zero-order valence-corrected chi connectivity index (χ0v) is 64.1. The molecule has 0 saturated carbocycles. The van der Waals surface area contributed by atoms with Crippen molar-refractivity contribution in [2.24, 2.45) is 23.7 Å². The number of rotatable bonds is 73. The number of phosphoric ester groups is 2. The highest BCUT2D eigenvalue weighted by molar-refractivity contribution is 7.47. The van der Waals surface area contributed by atoms with Crippen molar-refractivity contribution in [2.75, 3.05) is 39.6 Å². The van der Waals surface area contributed by atoms with Crippen molar-refractivity contribution in [1.29, 1.82) is 0 Å². The smallest absolute Gasteiger partial charge is 0.462 e. The quantitative estimate of drug-likeness (QED) is 0.0222. The summed E-state index contributed by atoms with van der Waals surface area (Å²) in [5.74, 6) is 0.931. The first kappa shape index (κ1) is 93.1. The Hall–Kier alpha value is -1.94. The molecule has 0 radical (unpaired) electrons. The molecular formula is C76H148O17P2. The van der Waals surface area contributed by atoms with Gasteiger partial charge in [0, 0.05) is 25.7 Å². The fourth-order valence-electron chi connectivity index (χ4n) is 11.5. The molecule has 17 nitrogen and oxygen atoms in total. The van der Waals surface area contributed by atoms with Crippen LogP contribution >= 0.6 is 15.6 Å². The predicted molar refractivity (Wildman–Crippen MR) is 386 cm³/mol. The van der Waals surface area contributed by atoms with E-state index in [1.54, 1.807) is 0 Å². The van der Waals surface area contributed by atoms with Gasteiger partial charge in [-0.2, -0.15) is 0 Å². The van der Waals surface area contributed by atoms with Crippen molar-refractivity contribution in [3.05, 3.63) is 0 Å². The molecule has 0 bridgehead atoms. The number of aliphatic hydroxyl groups excluding tert-OH is 1. The Balaban J connectivity index is 5.18. The minimum Gasteiger partial charge on any atom is -0.462 e. The summed E-state index contributed by atoms with van der Waals surface area (Å²) in [6.07, 6.45) is 50.2. The van der Waals surface area contributed by atoms with E-state index in [1.165, 1.54) is 180 Å². The molecule has 0 heterocycles. The number of carbonyl (C=O) groups excluding carboxylic acids is 4. The summed E-state index contributed by atoms with van der Waals surface area (Å²) in [6, 6.07) is 0. The van der Waals surface area contributed by atoms with Crippen molar-refractivity contribution < 1.29 is 80.2 Å². The lowest BCUT2D eigenvalue weighted by Crippen LogP contribution is -2.30. The van der Waals surface area contributed by atoms with Crippen LogP contribution in [0.3, 0.4) is 0 Å². The van der Waals surface area contributed by atoms with E-state index in [9.17, 15) is 43.2 Å². The van der Waals surface area contributed by atoms with E-state index in [4.69, 9.17) is 37.0 Å². The zero-order valence-electron chi connectivity index (χ0n) is 62.3. The molecule has 0 saturated heterocycles. The Morgan fingerprint density at radius 3 is 0.747 bits per heavy atom. The van der Waals surface area contributed by atoms with E-state index >= 15 is 0 Å². The molecule has 4 unspecified atom stereocenters. The summed E-state index contributed by atoms with van der Waals surface area (Å²) >= 11 is 0. The predicted octanol–water partition coefficient (Wildman–Crippen LogP) is 22.0. The van der Waals surface area contributed by atoms with Crippen LogP contribution in [0.25, 0.3) is 0 Å². The lowest BCUT2D eigenvalue weighted by molar-refractivity contribution is -0.161. The molecule has 0 fully saturated rings. The van der Waals surface area contributed by atoms with Crippen LogP contribution in [0, 0.1) is 23.7 Å². The van der Waals surface area contributed by atoms with Crippen molar-refractivity contribution in [3.8, 4) is 0 Å². The van der Waals surface area contributed by atoms with Crippen LogP contribution in [-0.2, 0) is 65.4 Å². The van der Waals surface area contributed by atoms with Crippen molar-refractivity contribution in [3.63, 3.8) is 0 Å². The third-order valence-corrected chi connectivity index (χ3v) is 20.2. The van der Waals surface area contributed by atoms with E-state index < -0.39 is 97.5 Å². The van der Waals surface area contributed by atoms with Gasteiger partial charge in [0.25, 0.3) is 0 Å². The van der Waals surface area contributed by atoms with Gasteiger partial charge in [0.2, 0.25) is 0 Å². The lowest BCUT2D eigenvalue weighted by Gasteiger charge is -2.21. The molecule has 19 heteroatoms. The highest BCUT2D eigenvalue weighted by Crippen LogP contribution is 2.45.